The number of rotatable bonds is 18. The fraction of sp³-hybridized carbons (Fsp3) is 0.538. The second kappa shape index (κ2) is 15.9. The summed E-state index contributed by atoms with van der Waals surface area (Å²) in [5, 5.41) is 19.8. The van der Waals surface area contributed by atoms with E-state index in [-0.39, 0.29) is 67.1 Å². The number of aliphatic carboxylic acids is 1. The average molecular weight is 591 g/mol. The number of anilines is 2. The van der Waals surface area contributed by atoms with Crippen LogP contribution in [0.1, 0.15) is 79.5 Å². The van der Waals surface area contributed by atoms with Crippen molar-refractivity contribution in [3.05, 3.63) is 24.0 Å². The molecule has 2 heterocycles. The lowest BCUT2D eigenvalue weighted by Gasteiger charge is -2.16. The molecule has 0 aliphatic heterocycles. The Morgan fingerprint density at radius 1 is 0.833 bits per heavy atom. The summed E-state index contributed by atoms with van der Waals surface area (Å²) in [7, 11) is 3.11. The smallest absolute Gasteiger partial charge is 0.328 e. The zero-order chi connectivity index (χ0) is 31.4. The molecule has 230 valence electrons. The number of hydrogen-bond donors (Lipinski definition) is 5. The van der Waals surface area contributed by atoms with Crippen LogP contribution in [0, 0.1) is 0 Å². The van der Waals surface area contributed by atoms with Gasteiger partial charge in [0.25, 0.3) is 11.8 Å². The Morgan fingerprint density at radius 3 is 1.81 bits per heavy atom. The van der Waals surface area contributed by atoms with Crippen molar-refractivity contribution in [3.63, 3.8) is 0 Å². The van der Waals surface area contributed by atoms with E-state index in [1.54, 1.807) is 20.9 Å². The zero-order valence-corrected chi connectivity index (χ0v) is 24.4. The predicted octanol–water partition coefficient (Wildman–Crippen LogP) is 0.791. The van der Waals surface area contributed by atoms with Gasteiger partial charge in [0.2, 0.25) is 0 Å². The van der Waals surface area contributed by atoms with Crippen LogP contribution in [0.25, 0.3) is 0 Å². The van der Waals surface area contributed by atoms with E-state index >= 15 is 0 Å². The van der Waals surface area contributed by atoms with Gasteiger partial charge in [0.15, 0.2) is 34.6 Å². The predicted molar refractivity (Wildman–Crippen MR) is 150 cm³/mol. The van der Waals surface area contributed by atoms with Crippen molar-refractivity contribution in [2.75, 3.05) is 44.4 Å². The van der Waals surface area contributed by atoms with E-state index in [0.717, 1.165) is 0 Å². The van der Waals surface area contributed by atoms with Gasteiger partial charge in [-0.2, -0.15) is 0 Å². The molecule has 0 aromatic carbocycles. The molecule has 0 bridgehead atoms. The molecule has 0 aliphatic rings. The van der Waals surface area contributed by atoms with Crippen LogP contribution >= 0.6 is 0 Å². The SMILES string of the molecule is CCC(=O)CNC(=O)c1c(NC)ncn1C(C)C(=O)OCCCCC(=O)CNC(=O)c1c(NC)ncn1C(C)C(=O)O. The minimum Gasteiger partial charge on any atom is -0.480 e. The zero-order valence-electron chi connectivity index (χ0n) is 24.4. The number of Topliss-reactive ketones (excluding diaryl/α,β-unsaturated/α-hetero) is 2. The Balaban J connectivity index is 1.82. The second-order valence-electron chi connectivity index (χ2n) is 9.31. The Hall–Kier alpha value is -4.76. The van der Waals surface area contributed by atoms with E-state index < -0.39 is 35.8 Å². The van der Waals surface area contributed by atoms with E-state index in [9.17, 15) is 33.9 Å². The summed E-state index contributed by atoms with van der Waals surface area (Å²) in [6, 6.07) is -1.93. The highest BCUT2D eigenvalue weighted by Crippen LogP contribution is 2.20. The average Bonchev–Trinajstić information content (AvgIpc) is 3.61. The Kier molecular flexibility index (Phi) is 12.6. The number of ketones is 2. The molecule has 0 aliphatic carbocycles. The maximum atomic E-state index is 12.7. The van der Waals surface area contributed by atoms with Gasteiger partial charge in [0.05, 0.1) is 32.4 Å². The standard InChI is InChI=1S/C26H38N8O8/c1-6-17(35)11-29-24(38)20-22(28-5)32-14-34(20)16(3)26(41)42-10-8-7-9-18(36)12-30-23(37)19-21(27-4)31-13-33(19)15(2)25(39)40/h13-16,27-28H,6-12H2,1-5H3,(H,29,38)(H,30,37)(H,39,40). The molecular weight excluding hydrogens is 552 g/mol. The number of carboxylic acids is 1. The third kappa shape index (κ3) is 8.62. The van der Waals surface area contributed by atoms with Gasteiger partial charge in [0.1, 0.15) is 12.1 Å². The third-order valence-electron chi connectivity index (χ3n) is 6.41. The molecule has 2 amide bonds. The number of nitrogens with one attached hydrogen (secondary N) is 4. The number of unbranched alkanes of at least 4 members (excludes halogenated alkanes) is 1. The van der Waals surface area contributed by atoms with Crippen LogP contribution < -0.4 is 21.3 Å². The van der Waals surface area contributed by atoms with Gasteiger partial charge < -0.3 is 40.2 Å². The first-order valence-electron chi connectivity index (χ1n) is 13.4. The fourth-order valence-electron chi connectivity index (χ4n) is 3.81. The molecule has 0 saturated carbocycles. The van der Waals surface area contributed by atoms with Crippen molar-refractivity contribution in [1.82, 2.24) is 29.7 Å². The first-order chi connectivity index (χ1) is 20.0. The summed E-state index contributed by atoms with van der Waals surface area (Å²) < 4.78 is 7.88. The highest BCUT2D eigenvalue weighted by atomic mass is 16.5. The molecule has 2 rings (SSSR count). The van der Waals surface area contributed by atoms with Crippen LogP contribution in [-0.4, -0.2) is 93.3 Å². The van der Waals surface area contributed by atoms with Crippen LogP contribution in [0.2, 0.25) is 0 Å². The number of imidazole rings is 2. The summed E-state index contributed by atoms with van der Waals surface area (Å²) in [6.45, 7) is 4.26. The van der Waals surface area contributed by atoms with Crippen LogP contribution in [0.5, 0.6) is 0 Å². The monoisotopic (exact) mass is 590 g/mol. The molecule has 5 N–H and O–H groups in total. The van der Waals surface area contributed by atoms with Crippen molar-refractivity contribution in [2.24, 2.45) is 0 Å². The minimum atomic E-state index is -1.14. The Labute approximate surface area is 242 Å². The van der Waals surface area contributed by atoms with Crippen molar-refractivity contribution in [1.29, 1.82) is 0 Å². The summed E-state index contributed by atoms with van der Waals surface area (Å²) in [4.78, 5) is 81.3. The van der Waals surface area contributed by atoms with Gasteiger partial charge in [-0.25, -0.2) is 19.6 Å². The van der Waals surface area contributed by atoms with E-state index in [2.05, 4.69) is 31.2 Å². The van der Waals surface area contributed by atoms with E-state index in [4.69, 9.17) is 4.74 Å². The van der Waals surface area contributed by atoms with Gasteiger partial charge >= 0.3 is 11.9 Å². The number of amides is 2. The number of aromatic nitrogens is 4. The maximum Gasteiger partial charge on any atom is 0.328 e. The number of ether oxygens (including phenoxy) is 1. The summed E-state index contributed by atoms with van der Waals surface area (Å²) in [6.07, 6.45) is 3.73. The highest BCUT2D eigenvalue weighted by molar-refractivity contribution is 6.00. The van der Waals surface area contributed by atoms with Gasteiger partial charge in [-0.05, 0) is 26.7 Å². The first kappa shape index (κ1) is 33.4. The molecule has 16 heteroatoms. The lowest BCUT2D eigenvalue weighted by molar-refractivity contribution is -0.147. The third-order valence-corrected chi connectivity index (χ3v) is 6.41. The fourth-order valence-corrected chi connectivity index (χ4v) is 3.81. The van der Waals surface area contributed by atoms with Crippen LogP contribution in [0.3, 0.4) is 0 Å². The molecule has 0 saturated heterocycles. The molecular formula is C26H38N8O8. The minimum absolute atomic E-state index is 0.00366. The van der Waals surface area contributed by atoms with Crippen LogP contribution in [0.4, 0.5) is 11.6 Å². The lowest BCUT2D eigenvalue weighted by atomic mass is 10.2. The van der Waals surface area contributed by atoms with Crippen LogP contribution in [-0.2, 0) is 23.9 Å². The molecule has 2 aromatic heterocycles. The number of esters is 1. The van der Waals surface area contributed by atoms with Gasteiger partial charge in [-0.1, -0.05) is 6.92 Å². The molecule has 2 atom stereocenters. The molecule has 2 aromatic rings. The number of hydrogen-bond acceptors (Lipinski definition) is 11. The van der Waals surface area contributed by atoms with Crippen LogP contribution in [0.15, 0.2) is 12.7 Å². The number of carbonyl (C=O) groups excluding carboxylic acids is 5. The molecule has 0 fully saturated rings. The second-order valence-corrected chi connectivity index (χ2v) is 9.31. The molecule has 0 radical (unpaired) electrons. The van der Waals surface area contributed by atoms with Gasteiger partial charge in [-0.3, -0.25) is 19.2 Å². The van der Waals surface area contributed by atoms with Crippen molar-refractivity contribution in [3.8, 4) is 0 Å². The molecule has 2 unspecified atom stereocenters. The largest absolute Gasteiger partial charge is 0.480 e. The lowest BCUT2D eigenvalue weighted by Crippen LogP contribution is -2.33. The Bertz CT molecular complexity index is 1300. The number of carbonyl (C=O) groups is 6. The summed E-state index contributed by atoms with van der Waals surface area (Å²) in [5.74, 6) is -2.95. The van der Waals surface area contributed by atoms with Crippen molar-refractivity contribution in [2.45, 2.75) is 58.5 Å². The van der Waals surface area contributed by atoms with Gasteiger partial charge in [0, 0.05) is 26.9 Å². The summed E-state index contributed by atoms with van der Waals surface area (Å²) in [5.41, 5.74) is 0.0804. The molecule has 16 nitrogen and oxygen atoms in total. The number of nitrogens with zero attached hydrogens (tertiary/aromatic N) is 4. The maximum absolute atomic E-state index is 12.7. The quantitative estimate of drug-likeness (QED) is 0.120. The molecule has 0 spiro atoms. The topological polar surface area (TPSA) is 216 Å². The summed E-state index contributed by atoms with van der Waals surface area (Å²) >= 11 is 0. The molecule has 42 heavy (non-hydrogen) atoms. The van der Waals surface area contributed by atoms with E-state index in [1.807, 2.05) is 0 Å². The van der Waals surface area contributed by atoms with Crippen molar-refractivity contribution >= 4 is 47.0 Å². The van der Waals surface area contributed by atoms with Gasteiger partial charge in [-0.15, -0.1) is 0 Å². The number of carboxylic acid groups (broad SMARTS) is 1. The van der Waals surface area contributed by atoms with E-state index in [0.29, 0.717) is 12.8 Å². The van der Waals surface area contributed by atoms with E-state index in [1.165, 1.54) is 35.8 Å². The highest BCUT2D eigenvalue weighted by Gasteiger charge is 2.27. The van der Waals surface area contributed by atoms with Crippen molar-refractivity contribution < 1.29 is 38.6 Å². The first-order valence-corrected chi connectivity index (χ1v) is 13.4. The Morgan fingerprint density at radius 2 is 1.33 bits per heavy atom. The normalized spacial score (nSPS) is 12.1.